The summed E-state index contributed by atoms with van der Waals surface area (Å²) in [7, 11) is 1.53. The average Bonchev–Trinajstić information content (AvgIpc) is 2.89. The minimum atomic E-state index is -0.881. The Balaban J connectivity index is 2.25. The SMILES string of the molecule is COc1cc2c(c(-c3cccc(F)c3F)c1)O[CH]C2. The zero-order valence-corrected chi connectivity index (χ0v) is 10.2. The average molecular weight is 261 g/mol. The molecule has 1 heterocycles. The fourth-order valence-electron chi connectivity index (χ4n) is 2.20. The van der Waals surface area contributed by atoms with Crippen LogP contribution in [0.15, 0.2) is 30.3 Å². The Morgan fingerprint density at radius 3 is 2.79 bits per heavy atom. The van der Waals surface area contributed by atoms with Crippen molar-refractivity contribution in [3.63, 3.8) is 0 Å². The quantitative estimate of drug-likeness (QED) is 0.820. The molecule has 0 spiro atoms. The Morgan fingerprint density at radius 1 is 1.16 bits per heavy atom. The first-order valence-corrected chi connectivity index (χ1v) is 5.84. The van der Waals surface area contributed by atoms with Crippen LogP contribution in [0.1, 0.15) is 5.56 Å². The first kappa shape index (κ1) is 12.0. The maximum atomic E-state index is 13.9. The van der Waals surface area contributed by atoms with E-state index >= 15 is 0 Å². The van der Waals surface area contributed by atoms with E-state index in [4.69, 9.17) is 9.47 Å². The Labute approximate surface area is 109 Å². The highest BCUT2D eigenvalue weighted by atomic mass is 19.2. The zero-order valence-electron chi connectivity index (χ0n) is 10.2. The lowest BCUT2D eigenvalue weighted by atomic mass is 10.00. The van der Waals surface area contributed by atoms with E-state index in [1.807, 2.05) is 6.07 Å². The largest absolute Gasteiger partial charge is 0.497 e. The van der Waals surface area contributed by atoms with Gasteiger partial charge in [-0.15, -0.1) is 0 Å². The van der Waals surface area contributed by atoms with Crippen molar-refractivity contribution >= 4 is 0 Å². The molecule has 2 aromatic rings. The monoisotopic (exact) mass is 261 g/mol. The molecule has 0 N–H and O–H groups in total. The van der Waals surface area contributed by atoms with Crippen LogP contribution in [0, 0.1) is 18.2 Å². The maximum Gasteiger partial charge on any atom is 0.166 e. The fourth-order valence-corrected chi connectivity index (χ4v) is 2.20. The maximum absolute atomic E-state index is 13.9. The predicted molar refractivity (Wildman–Crippen MR) is 67.0 cm³/mol. The van der Waals surface area contributed by atoms with E-state index in [2.05, 4.69) is 0 Å². The summed E-state index contributed by atoms with van der Waals surface area (Å²) in [5, 5.41) is 0. The number of fused-ring (bicyclic) bond motifs is 1. The summed E-state index contributed by atoms with van der Waals surface area (Å²) in [6.07, 6.45) is 0.621. The molecule has 0 saturated carbocycles. The van der Waals surface area contributed by atoms with Gasteiger partial charge < -0.3 is 9.47 Å². The fraction of sp³-hybridized carbons (Fsp3) is 0.133. The highest BCUT2D eigenvalue weighted by Gasteiger charge is 2.22. The third-order valence-electron chi connectivity index (χ3n) is 3.12. The van der Waals surface area contributed by atoms with Gasteiger partial charge in [0.25, 0.3) is 0 Å². The van der Waals surface area contributed by atoms with Crippen LogP contribution < -0.4 is 9.47 Å². The number of hydrogen-bond donors (Lipinski definition) is 0. The van der Waals surface area contributed by atoms with Crippen LogP contribution in [0.25, 0.3) is 11.1 Å². The Hall–Kier alpha value is -2.10. The van der Waals surface area contributed by atoms with Gasteiger partial charge in [-0.3, -0.25) is 0 Å². The van der Waals surface area contributed by atoms with Crippen molar-refractivity contribution in [2.45, 2.75) is 6.42 Å². The lowest BCUT2D eigenvalue weighted by Crippen LogP contribution is -1.93. The highest BCUT2D eigenvalue weighted by Crippen LogP contribution is 2.42. The standard InChI is InChI=1S/C15H11F2O2/c1-18-10-7-9-5-6-19-15(9)12(8-10)11-3-2-4-13(16)14(11)17/h2-4,6-8H,5H2,1H3. The molecule has 0 unspecified atom stereocenters. The van der Waals surface area contributed by atoms with E-state index in [1.165, 1.54) is 19.2 Å². The van der Waals surface area contributed by atoms with Crippen molar-refractivity contribution in [1.82, 2.24) is 0 Å². The molecule has 1 aliphatic rings. The zero-order chi connectivity index (χ0) is 13.4. The van der Waals surface area contributed by atoms with E-state index in [-0.39, 0.29) is 5.56 Å². The van der Waals surface area contributed by atoms with E-state index in [1.54, 1.807) is 12.7 Å². The molecule has 0 amide bonds. The molecule has 0 bridgehead atoms. The predicted octanol–water partition coefficient (Wildman–Crippen LogP) is 3.74. The van der Waals surface area contributed by atoms with Gasteiger partial charge in [0.1, 0.15) is 18.1 Å². The van der Waals surface area contributed by atoms with E-state index in [0.29, 0.717) is 23.5 Å². The second-order valence-electron chi connectivity index (χ2n) is 4.25. The van der Waals surface area contributed by atoms with E-state index in [9.17, 15) is 8.78 Å². The first-order chi connectivity index (χ1) is 9.20. The van der Waals surface area contributed by atoms with Gasteiger partial charge in [-0.05, 0) is 18.2 Å². The van der Waals surface area contributed by atoms with Crippen LogP contribution in [0.2, 0.25) is 0 Å². The van der Waals surface area contributed by atoms with Gasteiger partial charge in [0.2, 0.25) is 0 Å². The molecule has 2 aromatic carbocycles. The molecule has 0 saturated heterocycles. The number of halogens is 2. The number of methoxy groups -OCH3 is 1. The molecule has 3 rings (SSSR count). The van der Waals surface area contributed by atoms with Crippen molar-refractivity contribution in [2.24, 2.45) is 0 Å². The minimum absolute atomic E-state index is 0.172. The molecule has 1 aliphatic heterocycles. The van der Waals surface area contributed by atoms with Crippen LogP contribution in [0.5, 0.6) is 11.5 Å². The van der Waals surface area contributed by atoms with Gasteiger partial charge in [-0.25, -0.2) is 8.78 Å². The molecule has 19 heavy (non-hydrogen) atoms. The number of benzene rings is 2. The second kappa shape index (κ2) is 4.53. The molecule has 0 aromatic heterocycles. The number of rotatable bonds is 2. The van der Waals surface area contributed by atoms with Gasteiger partial charge in [-0.2, -0.15) is 0 Å². The van der Waals surface area contributed by atoms with Crippen LogP contribution in [-0.4, -0.2) is 7.11 Å². The summed E-state index contributed by atoms with van der Waals surface area (Å²) >= 11 is 0. The van der Waals surface area contributed by atoms with Crippen molar-refractivity contribution in [2.75, 3.05) is 7.11 Å². The Bertz CT molecular complexity index is 638. The Kier molecular flexibility index (Phi) is 2.85. The molecule has 1 radical (unpaired) electrons. The molecular weight excluding hydrogens is 250 g/mol. The molecule has 2 nitrogen and oxygen atoms in total. The van der Waals surface area contributed by atoms with E-state index in [0.717, 1.165) is 11.6 Å². The number of hydrogen-bond acceptors (Lipinski definition) is 2. The highest BCUT2D eigenvalue weighted by molar-refractivity contribution is 5.75. The lowest BCUT2D eigenvalue weighted by Gasteiger charge is -2.11. The third-order valence-corrected chi connectivity index (χ3v) is 3.12. The third kappa shape index (κ3) is 1.93. The summed E-state index contributed by atoms with van der Waals surface area (Å²) < 4.78 is 37.8. The second-order valence-corrected chi connectivity index (χ2v) is 4.25. The van der Waals surface area contributed by atoms with Gasteiger partial charge in [0, 0.05) is 23.1 Å². The minimum Gasteiger partial charge on any atom is -0.497 e. The molecule has 4 heteroatoms. The van der Waals surface area contributed by atoms with Crippen molar-refractivity contribution < 1.29 is 18.3 Å². The molecule has 0 aliphatic carbocycles. The molecule has 0 atom stereocenters. The van der Waals surface area contributed by atoms with Crippen molar-refractivity contribution in [3.8, 4) is 22.6 Å². The topological polar surface area (TPSA) is 18.5 Å². The van der Waals surface area contributed by atoms with Gasteiger partial charge in [-0.1, -0.05) is 12.1 Å². The Morgan fingerprint density at radius 2 is 2.00 bits per heavy atom. The van der Waals surface area contributed by atoms with Crippen LogP contribution in [0.4, 0.5) is 8.78 Å². The van der Waals surface area contributed by atoms with Gasteiger partial charge in [0.05, 0.1) is 7.11 Å². The number of ether oxygens (including phenoxy) is 2. The van der Waals surface area contributed by atoms with Crippen LogP contribution >= 0.6 is 0 Å². The summed E-state index contributed by atoms with van der Waals surface area (Å²) in [4.78, 5) is 0. The molecule has 0 fully saturated rings. The smallest absolute Gasteiger partial charge is 0.166 e. The summed E-state index contributed by atoms with van der Waals surface area (Å²) in [5.41, 5.74) is 1.57. The van der Waals surface area contributed by atoms with Crippen molar-refractivity contribution in [3.05, 3.63) is 54.1 Å². The van der Waals surface area contributed by atoms with E-state index < -0.39 is 11.6 Å². The van der Waals surface area contributed by atoms with Gasteiger partial charge in [0.15, 0.2) is 11.6 Å². The van der Waals surface area contributed by atoms with Crippen LogP contribution in [0.3, 0.4) is 0 Å². The van der Waals surface area contributed by atoms with Gasteiger partial charge >= 0.3 is 0 Å². The first-order valence-electron chi connectivity index (χ1n) is 5.84. The van der Waals surface area contributed by atoms with Crippen molar-refractivity contribution in [1.29, 1.82) is 0 Å². The summed E-state index contributed by atoms with van der Waals surface area (Å²) in [6.45, 7) is 1.63. The molecular formula is C15H11F2O2. The summed E-state index contributed by atoms with van der Waals surface area (Å²) in [6, 6.07) is 7.56. The van der Waals surface area contributed by atoms with Crippen LogP contribution in [-0.2, 0) is 6.42 Å². The normalized spacial score (nSPS) is 13.0. The summed E-state index contributed by atoms with van der Waals surface area (Å²) in [5.74, 6) is -0.605. The molecule has 97 valence electrons. The lowest BCUT2D eigenvalue weighted by molar-refractivity contribution is 0.412.